The van der Waals surface area contributed by atoms with Crippen molar-refractivity contribution >= 4 is 23.1 Å². The van der Waals surface area contributed by atoms with Crippen LogP contribution in [0.5, 0.6) is 0 Å². The van der Waals surface area contributed by atoms with Crippen molar-refractivity contribution in [3.63, 3.8) is 0 Å². The summed E-state index contributed by atoms with van der Waals surface area (Å²) >= 11 is 6.13. The number of hydrogen-bond donors (Lipinski definition) is 2. The first-order valence-electron chi connectivity index (χ1n) is 6.04. The maximum Gasteiger partial charge on any atom is 0.126 e. The third-order valence-electron chi connectivity index (χ3n) is 3.38. The highest BCUT2D eigenvalue weighted by Gasteiger charge is 2.22. The average molecular weight is 268 g/mol. The average Bonchev–Trinajstić information content (AvgIpc) is 2.38. The first-order valence-corrected chi connectivity index (χ1v) is 6.42. The molecule has 4 nitrogen and oxygen atoms in total. The molecule has 2 rings (SSSR count). The third kappa shape index (κ3) is 2.60. The number of nitrogens with zero attached hydrogens (tertiary/aromatic N) is 1. The lowest BCUT2D eigenvalue weighted by Gasteiger charge is -2.34. The predicted molar refractivity (Wildman–Crippen MR) is 74.7 cm³/mol. The number of methoxy groups -OCH3 is 1. The number of piperidine rings is 1. The molecule has 1 aromatic rings. The maximum absolute atomic E-state index is 7.65. The lowest BCUT2D eigenvalue weighted by Crippen LogP contribution is -2.37. The fraction of sp³-hybridized carbons (Fsp3) is 0.462. The summed E-state index contributed by atoms with van der Waals surface area (Å²) in [7, 11) is 1.75. The molecule has 5 heteroatoms. The molecule has 0 radical (unpaired) electrons. The highest BCUT2D eigenvalue weighted by molar-refractivity contribution is 6.34. The van der Waals surface area contributed by atoms with Gasteiger partial charge in [0.1, 0.15) is 5.84 Å². The molecule has 98 valence electrons. The standard InChI is InChI=1S/C13H18ClN3O/c1-18-9-5-7-17(8-6-9)11-4-2-3-10(14)12(11)13(15)16/h2-4,9H,5-8H2,1H3,(H3,15,16). The molecular weight excluding hydrogens is 250 g/mol. The first-order chi connectivity index (χ1) is 8.63. The highest BCUT2D eigenvalue weighted by atomic mass is 35.5. The number of halogens is 1. The molecule has 0 unspecified atom stereocenters. The summed E-state index contributed by atoms with van der Waals surface area (Å²) in [6, 6.07) is 5.63. The Kier molecular flexibility index (Phi) is 4.09. The number of nitrogens with two attached hydrogens (primary N) is 1. The van der Waals surface area contributed by atoms with Gasteiger partial charge in [0.2, 0.25) is 0 Å². The van der Waals surface area contributed by atoms with Crippen LogP contribution >= 0.6 is 11.6 Å². The minimum absolute atomic E-state index is 0.0180. The molecular formula is C13H18ClN3O. The largest absolute Gasteiger partial charge is 0.384 e. The molecule has 1 aromatic carbocycles. The van der Waals surface area contributed by atoms with E-state index >= 15 is 0 Å². The van der Waals surface area contributed by atoms with Crippen molar-refractivity contribution in [2.75, 3.05) is 25.1 Å². The molecule has 1 fully saturated rings. The molecule has 0 bridgehead atoms. The normalized spacial score (nSPS) is 16.9. The smallest absolute Gasteiger partial charge is 0.126 e. The van der Waals surface area contributed by atoms with Crippen LogP contribution in [0.3, 0.4) is 0 Å². The van der Waals surface area contributed by atoms with Crippen LogP contribution in [0.2, 0.25) is 5.02 Å². The van der Waals surface area contributed by atoms with E-state index in [4.69, 9.17) is 27.5 Å². The van der Waals surface area contributed by atoms with Gasteiger partial charge in [-0.2, -0.15) is 0 Å². The monoisotopic (exact) mass is 267 g/mol. The van der Waals surface area contributed by atoms with Gasteiger partial charge in [-0.25, -0.2) is 0 Å². The van der Waals surface area contributed by atoms with Gasteiger partial charge in [-0.3, -0.25) is 5.41 Å². The molecule has 0 spiro atoms. The molecule has 1 aliphatic rings. The zero-order valence-electron chi connectivity index (χ0n) is 10.4. The van der Waals surface area contributed by atoms with Gasteiger partial charge in [-0.1, -0.05) is 17.7 Å². The lowest BCUT2D eigenvalue weighted by molar-refractivity contribution is 0.0819. The Hall–Kier alpha value is -1.26. The Morgan fingerprint density at radius 1 is 1.44 bits per heavy atom. The molecule has 0 amide bonds. The number of ether oxygens (including phenoxy) is 1. The summed E-state index contributed by atoms with van der Waals surface area (Å²) in [5.74, 6) is 0.0180. The van der Waals surface area contributed by atoms with Gasteiger partial charge in [0.05, 0.1) is 16.7 Å². The fourth-order valence-electron chi connectivity index (χ4n) is 2.38. The van der Waals surface area contributed by atoms with Crippen LogP contribution in [-0.2, 0) is 4.74 Å². The number of rotatable bonds is 3. The van der Waals surface area contributed by atoms with Crippen molar-refractivity contribution in [2.45, 2.75) is 18.9 Å². The Morgan fingerprint density at radius 3 is 2.67 bits per heavy atom. The van der Waals surface area contributed by atoms with Crippen molar-refractivity contribution in [1.82, 2.24) is 0 Å². The van der Waals surface area contributed by atoms with Gasteiger partial charge in [0.25, 0.3) is 0 Å². The van der Waals surface area contributed by atoms with E-state index in [1.54, 1.807) is 13.2 Å². The Labute approximate surface area is 112 Å². The van der Waals surface area contributed by atoms with Crippen LogP contribution in [0.25, 0.3) is 0 Å². The minimum atomic E-state index is 0.0180. The Balaban J connectivity index is 2.24. The zero-order chi connectivity index (χ0) is 13.1. The van der Waals surface area contributed by atoms with E-state index in [2.05, 4.69) is 4.90 Å². The molecule has 0 atom stereocenters. The van der Waals surface area contributed by atoms with E-state index in [9.17, 15) is 0 Å². The molecule has 1 heterocycles. The van der Waals surface area contributed by atoms with Crippen LogP contribution in [-0.4, -0.2) is 32.1 Å². The van der Waals surface area contributed by atoms with Crippen molar-refractivity contribution in [1.29, 1.82) is 5.41 Å². The summed E-state index contributed by atoms with van der Waals surface area (Å²) in [5.41, 5.74) is 7.21. The molecule has 1 aliphatic heterocycles. The number of amidine groups is 1. The second-order valence-electron chi connectivity index (χ2n) is 4.47. The summed E-state index contributed by atoms with van der Waals surface area (Å²) < 4.78 is 5.36. The van der Waals surface area contributed by atoms with Crippen molar-refractivity contribution in [2.24, 2.45) is 5.73 Å². The summed E-state index contributed by atoms with van der Waals surface area (Å²) in [5, 5.41) is 8.19. The number of benzene rings is 1. The van der Waals surface area contributed by atoms with Gasteiger partial charge in [0.15, 0.2) is 0 Å². The minimum Gasteiger partial charge on any atom is -0.384 e. The van der Waals surface area contributed by atoms with Crippen LogP contribution in [0.15, 0.2) is 18.2 Å². The molecule has 0 aliphatic carbocycles. The summed E-state index contributed by atoms with van der Waals surface area (Å²) in [4.78, 5) is 2.22. The molecule has 0 aromatic heterocycles. The summed E-state index contributed by atoms with van der Waals surface area (Å²) in [6.45, 7) is 1.80. The van der Waals surface area contributed by atoms with Gasteiger partial charge >= 0.3 is 0 Å². The van der Waals surface area contributed by atoms with Crippen molar-refractivity contribution in [3.8, 4) is 0 Å². The second kappa shape index (κ2) is 5.59. The van der Waals surface area contributed by atoms with Gasteiger partial charge in [-0.05, 0) is 25.0 Å². The van der Waals surface area contributed by atoms with E-state index in [1.165, 1.54) is 0 Å². The summed E-state index contributed by atoms with van der Waals surface area (Å²) in [6.07, 6.45) is 2.31. The van der Waals surface area contributed by atoms with Crippen molar-refractivity contribution < 1.29 is 4.74 Å². The van der Waals surface area contributed by atoms with Crippen LogP contribution in [0, 0.1) is 5.41 Å². The Bertz CT molecular complexity index is 442. The van der Waals surface area contributed by atoms with E-state index in [-0.39, 0.29) is 5.84 Å². The molecule has 0 saturated carbocycles. The maximum atomic E-state index is 7.65. The van der Waals surface area contributed by atoms with Gasteiger partial charge in [0, 0.05) is 25.9 Å². The van der Waals surface area contributed by atoms with Crippen LogP contribution < -0.4 is 10.6 Å². The first kappa shape index (κ1) is 13.2. The number of nitrogens with one attached hydrogen (secondary N) is 1. The van der Waals surface area contributed by atoms with Crippen molar-refractivity contribution in [3.05, 3.63) is 28.8 Å². The van der Waals surface area contributed by atoms with E-state index < -0.39 is 0 Å². The predicted octanol–water partition coefficient (Wildman–Crippen LogP) is 2.24. The topological polar surface area (TPSA) is 62.3 Å². The van der Waals surface area contributed by atoms with Gasteiger partial charge < -0.3 is 15.4 Å². The fourth-order valence-corrected chi connectivity index (χ4v) is 2.65. The zero-order valence-corrected chi connectivity index (χ0v) is 11.2. The van der Waals surface area contributed by atoms with E-state index in [0.717, 1.165) is 31.6 Å². The van der Waals surface area contributed by atoms with Crippen LogP contribution in [0.1, 0.15) is 18.4 Å². The highest BCUT2D eigenvalue weighted by Crippen LogP contribution is 2.29. The number of hydrogen-bond acceptors (Lipinski definition) is 3. The molecule has 18 heavy (non-hydrogen) atoms. The van der Waals surface area contributed by atoms with E-state index in [0.29, 0.717) is 16.7 Å². The SMILES string of the molecule is COC1CCN(c2cccc(Cl)c2C(=N)N)CC1. The quantitative estimate of drug-likeness (QED) is 0.652. The van der Waals surface area contributed by atoms with Gasteiger partial charge in [-0.15, -0.1) is 0 Å². The second-order valence-corrected chi connectivity index (χ2v) is 4.88. The van der Waals surface area contributed by atoms with E-state index in [1.807, 2.05) is 12.1 Å². The van der Waals surface area contributed by atoms with Crippen LogP contribution in [0.4, 0.5) is 5.69 Å². The molecule has 3 N–H and O–H groups in total. The lowest BCUT2D eigenvalue weighted by atomic mass is 10.0. The number of anilines is 1. The third-order valence-corrected chi connectivity index (χ3v) is 3.69. The Morgan fingerprint density at radius 2 is 2.11 bits per heavy atom. The molecule has 1 saturated heterocycles. The number of nitrogen functional groups attached to an aromatic ring is 1.